The maximum absolute atomic E-state index is 13.6. The molecule has 1 amide bonds. The van der Waals surface area contributed by atoms with Crippen molar-refractivity contribution in [1.82, 2.24) is 4.31 Å². The third-order valence-corrected chi connectivity index (χ3v) is 8.03. The van der Waals surface area contributed by atoms with Crippen molar-refractivity contribution in [2.45, 2.75) is 38.8 Å². The monoisotopic (exact) mass is 569 g/mol. The molecule has 1 aromatic heterocycles. The van der Waals surface area contributed by atoms with Gasteiger partial charge < -0.3 is 14.5 Å². The van der Waals surface area contributed by atoms with Crippen LogP contribution in [0.25, 0.3) is 6.08 Å². The molecule has 0 radical (unpaired) electrons. The summed E-state index contributed by atoms with van der Waals surface area (Å²) in [5, 5.41) is 12.3. The van der Waals surface area contributed by atoms with E-state index in [1.807, 2.05) is 51.1 Å². The van der Waals surface area contributed by atoms with Crippen molar-refractivity contribution in [2.75, 3.05) is 11.9 Å². The number of nitriles is 1. The van der Waals surface area contributed by atoms with E-state index in [-0.39, 0.29) is 29.3 Å². The van der Waals surface area contributed by atoms with E-state index in [4.69, 9.17) is 9.15 Å². The van der Waals surface area contributed by atoms with Crippen LogP contribution in [-0.2, 0) is 27.9 Å². The van der Waals surface area contributed by atoms with Gasteiger partial charge >= 0.3 is 0 Å². The largest absolute Gasteiger partial charge is 0.494 e. The molecule has 0 unspecified atom stereocenters. The lowest BCUT2D eigenvalue weighted by Crippen LogP contribution is -2.30. The van der Waals surface area contributed by atoms with Crippen molar-refractivity contribution in [3.63, 3.8) is 0 Å². The fourth-order valence-corrected chi connectivity index (χ4v) is 5.40. The summed E-state index contributed by atoms with van der Waals surface area (Å²) in [6.07, 6.45) is 1.33. The number of nitrogens with one attached hydrogen (secondary N) is 1. The second kappa shape index (κ2) is 13.1. The molecule has 4 rings (SSSR count). The van der Waals surface area contributed by atoms with Crippen molar-refractivity contribution < 1.29 is 22.4 Å². The molecule has 0 saturated heterocycles. The van der Waals surface area contributed by atoms with Crippen LogP contribution in [0.4, 0.5) is 5.69 Å². The number of furan rings is 1. The Morgan fingerprint density at radius 2 is 1.56 bits per heavy atom. The zero-order valence-electron chi connectivity index (χ0n) is 23.1. The highest BCUT2D eigenvalue weighted by Gasteiger charge is 2.26. The van der Waals surface area contributed by atoms with E-state index in [1.54, 1.807) is 60.7 Å². The van der Waals surface area contributed by atoms with E-state index < -0.39 is 15.9 Å². The number of hydrogen-bond acceptors (Lipinski definition) is 6. The van der Waals surface area contributed by atoms with Crippen LogP contribution >= 0.6 is 0 Å². The first-order valence-corrected chi connectivity index (χ1v) is 14.5. The van der Waals surface area contributed by atoms with Crippen molar-refractivity contribution >= 4 is 27.7 Å². The van der Waals surface area contributed by atoms with E-state index in [0.717, 1.165) is 16.7 Å². The molecule has 0 fully saturated rings. The van der Waals surface area contributed by atoms with Gasteiger partial charge in [0.05, 0.1) is 18.0 Å². The minimum absolute atomic E-state index is 0.0435. The Labute approximate surface area is 240 Å². The number of amides is 1. The summed E-state index contributed by atoms with van der Waals surface area (Å²) < 4.78 is 39.9. The van der Waals surface area contributed by atoms with Gasteiger partial charge in [0.2, 0.25) is 10.0 Å². The van der Waals surface area contributed by atoms with Crippen molar-refractivity contribution in [1.29, 1.82) is 5.26 Å². The average Bonchev–Trinajstić information content (AvgIpc) is 3.40. The average molecular weight is 570 g/mol. The van der Waals surface area contributed by atoms with Gasteiger partial charge in [-0.15, -0.1) is 0 Å². The summed E-state index contributed by atoms with van der Waals surface area (Å²) in [7, 11) is -3.87. The van der Waals surface area contributed by atoms with Gasteiger partial charge in [-0.05, 0) is 74.9 Å². The smallest absolute Gasteiger partial charge is 0.266 e. The summed E-state index contributed by atoms with van der Waals surface area (Å²) in [5.41, 5.74) is 3.20. The predicted octanol–water partition coefficient (Wildman–Crippen LogP) is 6.23. The lowest BCUT2D eigenvalue weighted by atomic mass is 10.1. The Morgan fingerprint density at radius 3 is 2.17 bits per heavy atom. The molecule has 210 valence electrons. The minimum atomic E-state index is -3.87. The summed E-state index contributed by atoms with van der Waals surface area (Å²) in [5.74, 6) is 0.688. The Morgan fingerprint density at radius 1 is 0.927 bits per heavy atom. The van der Waals surface area contributed by atoms with Crippen LogP contribution in [0.1, 0.15) is 35.1 Å². The molecule has 41 heavy (non-hydrogen) atoms. The van der Waals surface area contributed by atoms with Gasteiger partial charge in [-0.1, -0.05) is 47.5 Å². The Balaban J connectivity index is 1.54. The van der Waals surface area contributed by atoms with Crippen molar-refractivity contribution in [3.8, 4) is 11.8 Å². The van der Waals surface area contributed by atoms with Crippen LogP contribution in [-0.4, -0.2) is 25.2 Å². The fraction of sp³-hybridized carbons (Fsp3) is 0.188. The Bertz CT molecular complexity index is 1670. The normalized spacial score (nSPS) is 11.7. The summed E-state index contributed by atoms with van der Waals surface area (Å²) >= 11 is 0. The van der Waals surface area contributed by atoms with Crippen LogP contribution in [0, 0.1) is 25.2 Å². The van der Waals surface area contributed by atoms with E-state index in [9.17, 15) is 18.5 Å². The van der Waals surface area contributed by atoms with E-state index in [1.165, 1.54) is 10.4 Å². The second-order valence-corrected chi connectivity index (χ2v) is 11.4. The number of aryl methyl sites for hydroxylation is 2. The highest BCUT2D eigenvalue weighted by Crippen LogP contribution is 2.24. The molecule has 0 aliphatic carbocycles. The van der Waals surface area contributed by atoms with Gasteiger partial charge in [-0.25, -0.2) is 8.42 Å². The SMILES string of the molecule is CCOc1ccc(NC(=O)/C(C#N)=C\c2ccc(CN(Cc3ccc(C)cc3)S(=O)(=O)c3ccc(C)cc3)o2)cc1. The van der Waals surface area contributed by atoms with Crippen molar-refractivity contribution in [2.24, 2.45) is 0 Å². The van der Waals surface area contributed by atoms with Crippen LogP contribution in [0.3, 0.4) is 0 Å². The van der Waals surface area contributed by atoms with Gasteiger partial charge in [0, 0.05) is 18.3 Å². The maximum Gasteiger partial charge on any atom is 0.266 e. The summed E-state index contributed by atoms with van der Waals surface area (Å²) in [4.78, 5) is 12.9. The van der Waals surface area contributed by atoms with Gasteiger partial charge in [0.15, 0.2) is 0 Å². The lowest BCUT2D eigenvalue weighted by molar-refractivity contribution is -0.112. The highest BCUT2D eigenvalue weighted by atomic mass is 32.2. The van der Waals surface area contributed by atoms with Gasteiger partial charge in [0.1, 0.15) is 28.9 Å². The predicted molar refractivity (Wildman–Crippen MR) is 157 cm³/mol. The molecule has 0 aliphatic heterocycles. The highest BCUT2D eigenvalue weighted by molar-refractivity contribution is 7.89. The Kier molecular flexibility index (Phi) is 9.40. The number of carbonyl (C=O) groups is 1. The first-order valence-electron chi connectivity index (χ1n) is 13.0. The van der Waals surface area contributed by atoms with Crippen LogP contribution in [0.2, 0.25) is 0 Å². The van der Waals surface area contributed by atoms with E-state index in [0.29, 0.717) is 23.8 Å². The number of anilines is 1. The Hall–Kier alpha value is -4.65. The molecular weight excluding hydrogens is 538 g/mol. The van der Waals surface area contributed by atoms with Gasteiger partial charge in [-0.3, -0.25) is 4.79 Å². The number of sulfonamides is 1. The topological polar surface area (TPSA) is 113 Å². The fourth-order valence-electron chi connectivity index (χ4n) is 4.00. The molecule has 8 nitrogen and oxygen atoms in total. The van der Waals surface area contributed by atoms with Crippen LogP contribution in [0.5, 0.6) is 5.75 Å². The number of hydrogen-bond donors (Lipinski definition) is 1. The van der Waals surface area contributed by atoms with Crippen LogP contribution in [0.15, 0.2) is 99.8 Å². The molecule has 3 aromatic carbocycles. The second-order valence-electron chi connectivity index (χ2n) is 9.46. The molecule has 0 bridgehead atoms. The number of rotatable bonds is 11. The summed E-state index contributed by atoms with van der Waals surface area (Å²) in [6, 6.07) is 26.3. The first-order chi connectivity index (χ1) is 19.7. The lowest BCUT2D eigenvalue weighted by Gasteiger charge is -2.21. The number of nitrogens with zero attached hydrogens (tertiary/aromatic N) is 2. The molecule has 1 heterocycles. The number of carbonyl (C=O) groups excluding carboxylic acids is 1. The molecule has 0 aliphatic rings. The molecule has 4 aromatic rings. The molecule has 0 atom stereocenters. The molecule has 0 spiro atoms. The van der Waals surface area contributed by atoms with Crippen LogP contribution < -0.4 is 10.1 Å². The zero-order valence-corrected chi connectivity index (χ0v) is 23.9. The standard InChI is InChI=1S/C32H31N3O5S/c1-4-39-28-13-11-27(12-14-28)34-32(36)26(20-33)19-29-15-16-30(40-29)22-35(21-25-9-5-23(2)6-10-25)41(37,38)31-17-7-24(3)8-18-31/h5-19H,4,21-22H2,1-3H3,(H,34,36)/b26-19-. The quantitative estimate of drug-likeness (QED) is 0.169. The third kappa shape index (κ3) is 7.72. The molecule has 1 N–H and O–H groups in total. The maximum atomic E-state index is 13.6. The minimum Gasteiger partial charge on any atom is -0.494 e. The molecule has 9 heteroatoms. The third-order valence-electron chi connectivity index (χ3n) is 6.23. The number of ether oxygens (including phenoxy) is 1. The summed E-state index contributed by atoms with van der Waals surface area (Å²) in [6.45, 7) is 6.36. The molecular formula is C32H31N3O5S. The molecule has 0 saturated carbocycles. The van der Waals surface area contributed by atoms with E-state index >= 15 is 0 Å². The zero-order chi connectivity index (χ0) is 29.4. The van der Waals surface area contributed by atoms with E-state index in [2.05, 4.69) is 5.32 Å². The van der Waals surface area contributed by atoms with Crippen molar-refractivity contribution in [3.05, 3.63) is 119 Å². The van der Waals surface area contributed by atoms with Gasteiger partial charge in [0.25, 0.3) is 5.91 Å². The number of benzene rings is 3. The van der Waals surface area contributed by atoms with Gasteiger partial charge in [-0.2, -0.15) is 9.57 Å². The first kappa shape index (κ1) is 29.3.